The van der Waals surface area contributed by atoms with Gasteiger partial charge in [-0.25, -0.2) is 0 Å². The first-order valence-corrected chi connectivity index (χ1v) is 44.1. The second kappa shape index (κ2) is 19.8. The van der Waals surface area contributed by atoms with Gasteiger partial charge in [0.2, 0.25) is 0 Å². The van der Waals surface area contributed by atoms with Crippen molar-refractivity contribution in [2.24, 2.45) is 0 Å². The summed E-state index contributed by atoms with van der Waals surface area (Å²) in [5, 5.41) is 5.04. The van der Waals surface area contributed by atoms with E-state index in [1.807, 2.05) is 0 Å². The molecule has 0 aromatic heterocycles. The van der Waals surface area contributed by atoms with Gasteiger partial charge in [0.05, 0.1) is 0 Å². The topological polar surface area (TPSA) is 3.24 Å². The van der Waals surface area contributed by atoms with Crippen molar-refractivity contribution >= 4 is 72.1 Å². The van der Waals surface area contributed by atoms with E-state index in [0.717, 1.165) is 43.5 Å². The third kappa shape index (κ3) is 9.25. The minimum atomic E-state index is -5.54. The summed E-state index contributed by atoms with van der Waals surface area (Å²) in [5.41, 5.74) is 18.2. The minimum absolute atomic E-state index is 0.0613. The van der Waals surface area contributed by atoms with Crippen LogP contribution in [0.1, 0.15) is 81.9 Å². The van der Waals surface area contributed by atoms with E-state index < -0.39 is 32.6 Å². The molecule has 0 amide bonds. The normalized spacial score (nSPS) is 16.4. The van der Waals surface area contributed by atoms with Crippen molar-refractivity contribution in [2.45, 2.75) is 98.9 Å². The Bertz CT molecular complexity index is 3150. The molecule has 8 aromatic rings. The predicted molar refractivity (Wildman–Crippen MR) is 318 cm³/mol. The number of halogens is 2. The van der Waals surface area contributed by atoms with Crippen LogP contribution in [0.2, 0.25) is 39.3 Å². The summed E-state index contributed by atoms with van der Waals surface area (Å²) < 4.78 is 2.85. The molecular weight excluding hydrogens is 1010 g/mol. The van der Waals surface area contributed by atoms with Crippen LogP contribution in [0.4, 0.5) is 0 Å². The SMILES string of the molecule is CCCCC1=Cc2c(-c3ccccc3-c3cccc4ccccc34)cccc2[CH]1[Zr]([Cl])([Cl])([BH]N([Si](C)(C)C)[Si](C)(C)C)[CH]1C(CCCC)=Cc2c(-c3ccccc3-c3cccc4ccccc34)cccc21. The van der Waals surface area contributed by atoms with Gasteiger partial charge in [0, 0.05) is 0 Å². The van der Waals surface area contributed by atoms with Gasteiger partial charge >= 0.3 is 439 Å². The standard InChI is InChI=1S/2C29H25.C6H19BNSi2.2ClH.Zr/c2*1-2-3-10-21-19-23-13-9-18-28(29(23)20-21)27-16-7-6-15-26(27)25-17-8-12-22-11-4-5-14-24(22)25;1-9(2,3)8(7)10(4,5)6;;;/h2*4-9,11-20H,2-3,10H2,1H3;7H,1-6H3;2*1H;/q;;+1;;;+1/p-2. The van der Waals surface area contributed by atoms with Crippen LogP contribution >= 0.6 is 17.0 Å². The van der Waals surface area contributed by atoms with E-state index >= 15 is 0 Å². The number of fused-ring (bicyclic) bond motifs is 4. The van der Waals surface area contributed by atoms with E-state index in [2.05, 4.69) is 239 Å². The van der Waals surface area contributed by atoms with Crippen molar-refractivity contribution in [3.63, 3.8) is 0 Å². The second-order valence-corrected chi connectivity index (χ2v) is 54.7. The molecule has 0 aliphatic heterocycles. The van der Waals surface area contributed by atoms with Crippen molar-refractivity contribution < 1.29 is 16.2 Å². The second-order valence-electron chi connectivity index (χ2n) is 22.6. The van der Waals surface area contributed by atoms with Crippen LogP contribution in [0.25, 0.3) is 78.2 Å². The Kier molecular flexibility index (Phi) is 14.0. The van der Waals surface area contributed by atoms with Crippen molar-refractivity contribution in [1.82, 2.24) is 4.14 Å². The molecular formula is C64H69BCl2NSi2Zr. The molecule has 0 saturated heterocycles. The van der Waals surface area contributed by atoms with Gasteiger partial charge in [-0.2, -0.15) is 0 Å². The van der Waals surface area contributed by atoms with Gasteiger partial charge < -0.3 is 0 Å². The monoisotopic (exact) mass is 1080 g/mol. The van der Waals surface area contributed by atoms with E-state index in [4.69, 9.17) is 0 Å². The molecule has 359 valence electrons. The molecule has 2 atom stereocenters. The summed E-state index contributed by atoms with van der Waals surface area (Å²) in [6, 6.07) is 63.3. The van der Waals surface area contributed by atoms with E-state index in [9.17, 15) is 17.0 Å². The summed E-state index contributed by atoms with van der Waals surface area (Å²) in [4.78, 5) is 0.782. The summed E-state index contributed by atoms with van der Waals surface area (Å²) in [6.45, 7) is 19.9. The van der Waals surface area contributed by atoms with Crippen LogP contribution in [-0.2, 0) is 16.2 Å². The Morgan fingerprint density at radius 1 is 0.423 bits per heavy atom. The molecule has 0 spiro atoms. The fourth-order valence-corrected chi connectivity index (χ4v) is 55.2. The van der Waals surface area contributed by atoms with Crippen LogP contribution in [0, 0.1) is 0 Å². The Morgan fingerprint density at radius 3 is 1.14 bits per heavy atom. The average Bonchev–Trinajstić information content (AvgIpc) is 3.96. The summed E-state index contributed by atoms with van der Waals surface area (Å²) in [6.07, 6.45) is 11.5. The zero-order valence-electron chi connectivity index (χ0n) is 43.1. The van der Waals surface area contributed by atoms with Crippen molar-refractivity contribution in [2.75, 3.05) is 0 Å². The van der Waals surface area contributed by atoms with Crippen molar-refractivity contribution in [3.05, 3.63) is 203 Å². The van der Waals surface area contributed by atoms with Crippen LogP contribution in [0.15, 0.2) is 181 Å². The molecule has 2 unspecified atom stereocenters. The predicted octanol–water partition coefficient (Wildman–Crippen LogP) is 19.9. The third-order valence-corrected chi connectivity index (χ3v) is 42.9. The number of unbranched alkanes of at least 4 members (excludes halogenated alkanes) is 2. The third-order valence-electron chi connectivity index (χ3n) is 15.8. The first-order valence-electron chi connectivity index (χ1n) is 26.3. The van der Waals surface area contributed by atoms with Gasteiger partial charge in [-0.05, 0) is 0 Å². The zero-order chi connectivity index (χ0) is 49.7. The Balaban J connectivity index is 1.22. The Hall–Kier alpha value is -4.32. The molecule has 8 aromatic carbocycles. The van der Waals surface area contributed by atoms with E-state index in [1.165, 1.54) is 99.5 Å². The van der Waals surface area contributed by atoms with E-state index in [-0.39, 0.29) is 7.25 Å². The van der Waals surface area contributed by atoms with Crippen molar-refractivity contribution in [3.8, 4) is 44.5 Å². The number of nitrogens with zero attached hydrogens (tertiary/aromatic N) is 1. The number of benzene rings is 8. The zero-order valence-corrected chi connectivity index (χ0v) is 49.1. The Morgan fingerprint density at radius 2 is 0.746 bits per heavy atom. The van der Waals surface area contributed by atoms with Crippen LogP contribution in [0.3, 0.4) is 0 Å². The molecule has 1 nitrogen and oxygen atoms in total. The molecule has 0 radical (unpaired) electrons. The van der Waals surface area contributed by atoms with Crippen LogP contribution in [0.5, 0.6) is 0 Å². The van der Waals surface area contributed by atoms with E-state index in [0.29, 0.717) is 0 Å². The molecule has 0 N–H and O–H groups in total. The fourth-order valence-electron chi connectivity index (χ4n) is 12.9. The molecule has 0 fully saturated rings. The van der Waals surface area contributed by atoms with E-state index in [1.54, 1.807) is 0 Å². The molecule has 71 heavy (non-hydrogen) atoms. The van der Waals surface area contributed by atoms with Gasteiger partial charge in [0.1, 0.15) is 0 Å². The number of rotatable bonds is 16. The van der Waals surface area contributed by atoms with Gasteiger partial charge in [-0.15, -0.1) is 0 Å². The molecule has 0 saturated carbocycles. The number of hydrogen-bond acceptors (Lipinski definition) is 1. The number of allylic oxidation sites excluding steroid dienone is 2. The maximum atomic E-state index is 9.49. The molecule has 2 aliphatic carbocycles. The van der Waals surface area contributed by atoms with Gasteiger partial charge in [0.25, 0.3) is 0 Å². The maximum absolute atomic E-state index is 9.49. The van der Waals surface area contributed by atoms with Crippen LogP contribution in [-0.4, -0.2) is 25.6 Å². The number of hydrogen-bond donors (Lipinski definition) is 0. The summed E-state index contributed by atoms with van der Waals surface area (Å²) in [5.74, 6) is 0. The first-order chi connectivity index (χ1) is 34.1. The molecule has 0 heterocycles. The molecule has 0 bridgehead atoms. The molecule has 2 aliphatic rings. The molecule has 10 rings (SSSR count). The molecule has 7 heteroatoms. The fraction of sp³-hybridized carbons (Fsp3) is 0.250. The first kappa shape index (κ1) is 50.2. The van der Waals surface area contributed by atoms with Gasteiger partial charge in [-0.1, -0.05) is 0 Å². The van der Waals surface area contributed by atoms with Crippen molar-refractivity contribution in [1.29, 1.82) is 0 Å². The van der Waals surface area contributed by atoms with Gasteiger partial charge in [-0.3, -0.25) is 0 Å². The van der Waals surface area contributed by atoms with Crippen LogP contribution < -0.4 is 0 Å². The summed E-state index contributed by atoms with van der Waals surface area (Å²) in [7, 11) is 15.0. The summed E-state index contributed by atoms with van der Waals surface area (Å²) >= 11 is -5.54. The quantitative estimate of drug-likeness (QED) is 0.0872. The van der Waals surface area contributed by atoms with Gasteiger partial charge in [0.15, 0.2) is 0 Å². The average molecular weight is 1080 g/mol. The Labute approximate surface area is 435 Å².